The highest BCUT2D eigenvalue weighted by molar-refractivity contribution is 5.81. The summed E-state index contributed by atoms with van der Waals surface area (Å²) in [5, 5.41) is 12.8. The molecule has 9 heteroatoms. The van der Waals surface area contributed by atoms with Gasteiger partial charge in [0, 0.05) is 44.0 Å². The maximum atomic E-state index is 12.3. The summed E-state index contributed by atoms with van der Waals surface area (Å²) in [5.74, 6) is 0.420. The Labute approximate surface area is 218 Å². The first-order valence-corrected chi connectivity index (χ1v) is 13.1. The average Bonchev–Trinajstić information content (AvgIpc) is 3.19. The molecule has 0 amide bonds. The van der Waals surface area contributed by atoms with Crippen molar-refractivity contribution in [3.63, 3.8) is 0 Å². The maximum Gasteiger partial charge on any atom is 0.320 e. The largest absolute Gasteiger partial charge is 0.480 e. The molecule has 1 aliphatic rings. The third kappa shape index (κ3) is 6.47. The van der Waals surface area contributed by atoms with Crippen molar-refractivity contribution in [2.75, 3.05) is 26.7 Å². The van der Waals surface area contributed by atoms with Crippen molar-refractivity contribution in [2.45, 2.75) is 58.8 Å². The van der Waals surface area contributed by atoms with Gasteiger partial charge < -0.3 is 29.2 Å². The minimum atomic E-state index is -0.823. The summed E-state index contributed by atoms with van der Waals surface area (Å²) in [4.78, 5) is 31.3. The Balaban J connectivity index is 1.67. The van der Waals surface area contributed by atoms with Gasteiger partial charge in [0.2, 0.25) is 0 Å². The zero-order valence-corrected chi connectivity index (χ0v) is 22.5. The molecule has 1 aromatic carbocycles. The van der Waals surface area contributed by atoms with E-state index in [1.54, 1.807) is 11.6 Å². The van der Waals surface area contributed by atoms with E-state index in [0.717, 1.165) is 47.5 Å². The Morgan fingerprint density at radius 1 is 1.24 bits per heavy atom. The van der Waals surface area contributed by atoms with Gasteiger partial charge >= 0.3 is 5.97 Å². The molecule has 0 spiro atoms. The normalized spacial score (nSPS) is 17.5. The fourth-order valence-corrected chi connectivity index (χ4v) is 4.93. The van der Waals surface area contributed by atoms with Crippen molar-refractivity contribution in [3.05, 3.63) is 51.9 Å². The van der Waals surface area contributed by atoms with E-state index in [4.69, 9.17) is 9.72 Å². The Bertz CT molecular complexity index is 1290. The number of benzene rings is 1. The molecule has 2 N–H and O–H groups in total. The van der Waals surface area contributed by atoms with Crippen LogP contribution in [0.2, 0.25) is 0 Å². The molecular formula is C28H39N5O4. The molecule has 0 saturated carbocycles. The van der Waals surface area contributed by atoms with Crippen LogP contribution in [0.5, 0.6) is 0 Å². The third-order valence-electron chi connectivity index (χ3n) is 7.04. The molecule has 3 heterocycles. The number of carboxylic acid groups (broad SMARTS) is 1. The number of carboxylic acids is 1. The number of nitrogens with one attached hydrogen (secondary N) is 1. The third-order valence-corrected chi connectivity index (χ3v) is 7.04. The lowest BCUT2D eigenvalue weighted by Gasteiger charge is -2.30. The molecule has 1 fully saturated rings. The number of aryl methyl sites for hydroxylation is 2. The van der Waals surface area contributed by atoms with E-state index in [1.165, 1.54) is 0 Å². The summed E-state index contributed by atoms with van der Waals surface area (Å²) >= 11 is 0. The number of fused-ring (bicyclic) bond motifs is 1. The number of aromatic nitrogens is 3. The number of hydrogen-bond acceptors (Lipinski definition) is 6. The molecule has 1 unspecified atom stereocenters. The highest BCUT2D eigenvalue weighted by atomic mass is 16.5. The number of ether oxygens (including phenoxy) is 1. The lowest BCUT2D eigenvalue weighted by atomic mass is 10.0. The number of nitrogens with zero attached hydrogens (tertiary/aromatic N) is 4. The minimum absolute atomic E-state index is 0.0255. The van der Waals surface area contributed by atoms with Crippen LogP contribution in [0.15, 0.2) is 35.3 Å². The quantitative estimate of drug-likeness (QED) is 0.433. The Hall–Kier alpha value is -3.01. The Morgan fingerprint density at radius 3 is 2.70 bits per heavy atom. The standard InChI is InChI=1S/C28H39N5O4/c1-18(2)6-8-23(28(35)36)29-14-20-7-9-25-24(13-20)30-26(21-12-19(3)27(34)32(5)15-21)33(25)17-22-16-31(4)10-11-37-22/h7,9,12-13,15,18,22-23,29H,6,8,10-11,14,16-17H2,1-5H3,(H,35,36)/t22?,23-/m0/s1. The first kappa shape index (κ1) is 27.0. The summed E-state index contributed by atoms with van der Waals surface area (Å²) in [5.41, 5.74) is 4.31. The number of hydrogen-bond donors (Lipinski definition) is 2. The molecule has 0 aliphatic carbocycles. The van der Waals surface area contributed by atoms with Gasteiger partial charge in [-0.1, -0.05) is 19.9 Å². The van der Waals surface area contributed by atoms with Gasteiger partial charge in [-0.25, -0.2) is 4.98 Å². The van der Waals surface area contributed by atoms with Gasteiger partial charge in [-0.15, -0.1) is 0 Å². The van der Waals surface area contributed by atoms with Crippen LogP contribution in [0.1, 0.15) is 37.8 Å². The van der Waals surface area contributed by atoms with E-state index in [0.29, 0.717) is 37.6 Å². The maximum absolute atomic E-state index is 12.3. The van der Waals surface area contributed by atoms with Gasteiger partial charge in [-0.05, 0) is 56.5 Å². The molecule has 9 nitrogen and oxygen atoms in total. The van der Waals surface area contributed by atoms with E-state index in [-0.39, 0.29) is 11.7 Å². The number of aliphatic carboxylic acids is 1. The van der Waals surface area contributed by atoms with Gasteiger partial charge in [0.15, 0.2) is 0 Å². The molecule has 1 saturated heterocycles. The summed E-state index contributed by atoms with van der Waals surface area (Å²) < 4.78 is 9.84. The predicted molar refractivity (Wildman–Crippen MR) is 145 cm³/mol. The van der Waals surface area contributed by atoms with E-state index in [1.807, 2.05) is 37.4 Å². The SMILES string of the molecule is Cc1cc(-c2nc3cc(CN[C@@H](CCC(C)C)C(=O)O)ccc3n2CC2CN(C)CCO2)cn(C)c1=O. The van der Waals surface area contributed by atoms with Crippen LogP contribution in [0.3, 0.4) is 0 Å². The molecule has 4 rings (SSSR count). The Morgan fingerprint density at radius 2 is 2.03 bits per heavy atom. The lowest BCUT2D eigenvalue weighted by molar-refractivity contribution is -0.139. The van der Waals surface area contributed by atoms with E-state index >= 15 is 0 Å². The number of rotatable bonds is 10. The monoisotopic (exact) mass is 509 g/mol. The molecule has 2 atom stereocenters. The van der Waals surface area contributed by atoms with Gasteiger partial charge in [-0.3, -0.25) is 9.59 Å². The van der Waals surface area contributed by atoms with Crippen LogP contribution >= 0.6 is 0 Å². The summed E-state index contributed by atoms with van der Waals surface area (Å²) in [6, 6.07) is 7.40. The topological polar surface area (TPSA) is 102 Å². The number of morpholine rings is 1. The summed E-state index contributed by atoms with van der Waals surface area (Å²) in [6.07, 6.45) is 3.31. The second-order valence-corrected chi connectivity index (χ2v) is 10.7. The van der Waals surface area contributed by atoms with Crippen LogP contribution in [0.25, 0.3) is 22.4 Å². The molecule has 37 heavy (non-hydrogen) atoms. The lowest BCUT2D eigenvalue weighted by Crippen LogP contribution is -2.42. The number of pyridine rings is 1. The van der Waals surface area contributed by atoms with Crippen molar-refractivity contribution in [3.8, 4) is 11.4 Å². The van der Waals surface area contributed by atoms with Crippen molar-refractivity contribution in [1.29, 1.82) is 0 Å². The molecule has 0 radical (unpaired) electrons. The van der Waals surface area contributed by atoms with E-state index in [2.05, 4.69) is 35.7 Å². The number of imidazole rings is 1. The van der Waals surface area contributed by atoms with Crippen LogP contribution in [-0.2, 0) is 29.7 Å². The smallest absolute Gasteiger partial charge is 0.320 e. The molecular weight excluding hydrogens is 470 g/mol. The average molecular weight is 510 g/mol. The minimum Gasteiger partial charge on any atom is -0.480 e. The van der Waals surface area contributed by atoms with Crippen molar-refractivity contribution in [2.24, 2.45) is 13.0 Å². The highest BCUT2D eigenvalue weighted by Crippen LogP contribution is 2.27. The van der Waals surface area contributed by atoms with Crippen molar-refractivity contribution < 1.29 is 14.6 Å². The molecule has 0 bridgehead atoms. The van der Waals surface area contributed by atoms with Crippen molar-refractivity contribution in [1.82, 2.24) is 24.3 Å². The molecule has 2 aromatic heterocycles. The Kier molecular flexibility index (Phi) is 8.46. The number of likely N-dealkylation sites (N-methyl/N-ethyl adjacent to an activating group) is 1. The summed E-state index contributed by atoms with van der Waals surface area (Å²) in [7, 11) is 3.86. The summed E-state index contributed by atoms with van der Waals surface area (Å²) in [6.45, 7) is 9.56. The van der Waals surface area contributed by atoms with Gasteiger partial charge in [0.25, 0.3) is 5.56 Å². The van der Waals surface area contributed by atoms with Crippen LogP contribution in [-0.4, -0.2) is 69.0 Å². The first-order valence-electron chi connectivity index (χ1n) is 13.1. The van der Waals surface area contributed by atoms with Crippen LogP contribution < -0.4 is 10.9 Å². The van der Waals surface area contributed by atoms with Gasteiger partial charge in [0.05, 0.1) is 30.3 Å². The van der Waals surface area contributed by atoms with Gasteiger partial charge in [0.1, 0.15) is 11.9 Å². The fraction of sp³-hybridized carbons (Fsp3) is 0.536. The molecule has 1 aliphatic heterocycles. The van der Waals surface area contributed by atoms with Crippen LogP contribution in [0.4, 0.5) is 0 Å². The second-order valence-electron chi connectivity index (χ2n) is 10.7. The molecule has 200 valence electrons. The van der Waals surface area contributed by atoms with E-state index in [9.17, 15) is 14.7 Å². The highest BCUT2D eigenvalue weighted by Gasteiger charge is 2.23. The predicted octanol–water partition coefficient (Wildman–Crippen LogP) is 3.02. The van der Waals surface area contributed by atoms with Crippen LogP contribution in [0, 0.1) is 12.8 Å². The van der Waals surface area contributed by atoms with Crippen molar-refractivity contribution >= 4 is 17.0 Å². The fourth-order valence-electron chi connectivity index (χ4n) is 4.93. The van der Waals surface area contributed by atoms with E-state index < -0.39 is 12.0 Å². The first-order chi connectivity index (χ1) is 17.6. The second kappa shape index (κ2) is 11.6. The number of carbonyl (C=O) groups is 1. The zero-order chi connectivity index (χ0) is 26.7. The van der Waals surface area contributed by atoms with Gasteiger partial charge in [-0.2, -0.15) is 0 Å². The molecule has 3 aromatic rings. The zero-order valence-electron chi connectivity index (χ0n) is 22.5.